The number of carbonyl (C=O) groups is 2. The molecule has 1 saturated carbocycles. The number of pyridine rings is 1. The molecular weight excluding hydrogens is 342 g/mol. The molecule has 1 aromatic carbocycles. The number of rotatable bonds is 5. The fraction of sp³-hybridized carbons (Fsp3) is 0.381. The highest BCUT2D eigenvalue weighted by molar-refractivity contribution is 6.03. The lowest BCUT2D eigenvalue weighted by atomic mass is 10.1. The van der Waals surface area contributed by atoms with E-state index in [4.69, 9.17) is 4.74 Å². The third-order valence-electron chi connectivity index (χ3n) is 4.75. The Kier molecular flexibility index (Phi) is 6.41. The van der Waals surface area contributed by atoms with Gasteiger partial charge >= 0.3 is 0 Å². The number of methoxy groups -OCH3 is 1. The number of nitrogens with zero attached hydrogens (tertiary/aromatic N) is 1. The molecule has 1 aromatic heterocycles. The molecule has 0 radical (unpaired) electrons. The molecule has 0 saturated heterocycles. The van der Waals surface area contributed by atoms with Crippen molar-refractivity contribution in [1.29, 1.82) is 0 Å². The van der Waals surface area contributed by atoms with Gasteiger partial charge in [-0.3, -0.25) is 9.59 Å². The van der Waals surface area contributed by atoms with Crippen molar-refractivity contribution >= 4 is 17.5 Å². The fourth-order valence-electron chi connectivity index (χ4n) is 3.24. The molecule has 2 aromatic rings. The van der Waals surface area contributed by atoms with Crippen LogP contribution in [-0.4, -0.2) is 29.9 Å². The van der Waals surface area contributed by atoms with Gasteiger partial charge in [0.05, 0.1) is 7.11 Å². The van der Waals surface area contributed by atoms with Gasteiger partial charge in [0.1, 0.15) is 17.1 Å². The number of nitrogens with one attached hydrogen (secondary N) is 2. The topological polar surface area (TPSA) is 80.3 Å². The van der Waals surface area contributed by atoms with Crippen LogP contribution in [0.2, 0.25) is 0 Å². The van der Waals surface area contributed by atoms with Gasteiger partial charge in [-0.25, -0.2) is 4.98 Å². The molecule has 1 heterocycles. The van der Waals surface area contributed by atoms with Gasteiger partial charge < -0.3 is 15.4 Å². The van der Waals surface area contributed by atoms with Crippen molar-refractivity contribution in [3.63, 3.8) is 0 Å². The van der Waals surface area contributed by atoms with Crippen molar-refractivity contribution in [3.8, 4) is 5.75 Å². The molecule has 0 spiro atoms. The number of amides is 2. The molecule has 1 fully saturated rings. The Morgan fingerprint density at radius 2 is 1.56 bits per heavy atom. The quantitative estimate of drug-likeness (QED) is 0.788. The summed E-state index contributed by atoms with van der Waals surface area (Å²) >= 11 is 0. The number of aromatic nitrogens is 1. The van der Waals surface area contributed by atoms with Gasteiger partial charge in [0, 0.05) is 11.7 Å². The summed E-state index contributed by atoms with van der Waals surface area (Å²) in [4.78, 5) is 29.2. The van der Waals surface area contributed by atoms with Crippen LogP contribution in [0.15, 0.2) is 42.5 Å². The molecule has 142 valence electrons. The van der Waals surface area contributed by atoms with Crippen molar-refractivity contribution in [1.82, 2.24) is 10.3 Å². The standard InChI is InChI=1S/C21H25N3O3/c1-27-17-13-11-16(12-14-17)23-21(26)19-10-6-9-18(24-19)20(25)22-15-7-4-2-3-5-8-15/h6,9-15H,2-5,7-8H2,1H3,(H,22,25)(H,23,26). The van der Waals surface area contributed by atoms with E-state index in [-0.39, 0.29) is 29.2 Å². The van der Waals surface area contributed by atoms with Crippen LogP contribution in [0.5, 0.6) is 5.75 Å². The van der Waals surface area contributed by atoms with Crippen molar-refractivity contribution in [3.05, 3.63) is 53.9 Å². The van der Waals surface area contributed by atoms with E-state index in [9.17, 15) is 9.59 Å². The van der Waals surface area contributed by atoms with E-state index in [2.05, 4.69) is 15.6 Å². The Morgan fingerprint density at radius 1 is 0.926 bits per heavy atom. The largest absolute Gasteiger partial charge is 0.497 e. The summed E-state index contributed by atoms with van der Waals surface area (Å²) in [5, 5.41) is 5.83. The average molecular weight is 367 g/mol. The molecule has 2 N–H and O–H groups in total. The molecule has 0 bridgehead atoms. The minimum Gasteiger partial charge on any atom is -0.497 e. The maximum Gasteiger partial charge on any atom is 0.274 e. The van der Waals surface area contributed by atoms with Crippen LogP contribution in [0, 0.1) is 0 Å². The Morgan fingerprint density at radius 3 is 2.19 bits per heavy atom. The van der Waals surface area contributed by atoms with Crippen molar-refractivity contribution in [2.45, 2.75) is 44.6 Å². The maximum atomic E-state index is 12.5. The molecule has 1 aliphatic carbocycles. The Balaban J connectivity index is 1.64. The van der Waals surface area contributed by atoms with Crippen LogP contribution >= 0.6 is 0 Å². The second-order valence-electron chi connectivity index (χ2n) is 6.75. The van der Waals surface area contributed by atoms with Crippen LogP contribution in [0.1, 0.15) is 59.5 Å². The maximum absolute atomic E-state index is 12.5. The summed E-state index contributed by atoms with van der Waals surface area (Å²) in [6.07, 6.45) is 6.75. The fourth-order valence-corrected chi connectivity index (χ4v) is 3.24. The molecule has 6 nitrogen and oxygen atoms in total. The number of hydrogen-bond acceptors (Lipinski definition) is 4. The number of anilines is 1. The molecule has 0 unspecified atom stereocenters. The number of ether oxygens (including phenoxy) is 1. The molecule has 0 atom stereocenters. The predicted octanol–water partition coefficient (Wildman–Crippen LogP) is 3.80. The molecule has 1 aliphatic rings. The van der Waals surface area contributed by atoms with E-state index in [1.807, 2.05) is 0 Å². The zero-order chi connectivity index (χ0) is 19.1. The monoisotopic (exact) mass is 367 g/mol. The highest BCUT2D eigenvalue weighted by Crippen LogP contribution is 2.18. The minimum absolute atomic E-state index is 0.193. The average Bonchev–Trinajstić information content (AvgIpc) is 2.97. The first kappa shape index (κ1) is 18.9. The Hall–Kier alpha value is -2.89. The van der Waals surface area contributed by atoms with Gasteiger partial charge in [0.25, 0.3) is 11.8 Å². The Bertz CT molecular complexity index is 782. The van der Waals surface area contributed by atoms with Crippen LogP contribution in [0.4, 0.5) is 5.69 Å². The number of benzene rings is 1. The lowest BCUT2D eigenvalue weighted by Crippen LogP contribution is -2.35. The first-order valence-electron chi connectivity index (χ1n) is 9.39. The number of carbonyl (C=O) groups excluding carboxylic acids is 2. The van der Waals surface area contributed by atoms with Gasteiger partial charge in [0.2, 0.25) is 0 Å². The third-order valence-corrected chi connectivity index (χ3v) is 4.75. The lowest BCUT2D eigenvalue weighted by Gasteiger charge is -2.16. The summed E-state index contributed by atoms with van der Waals surface area (Å²) < 4.78 is 5.10. The van der Waals surface area contributed by atoms with Crippen molar-refractivity contribution in [2.24, 2.45) is 0 Å². The molecular formula is C21H25N3O3. The summed E-state index contributed by atoms with van der Waals surface area (Å²) in [5.74, 6) is 0.133. The molecule has 0 aliphatic heterocycles. The minimum atomic E-state index is -0.357. The normalized spacial score (nSPS) is 14.9. The smallest absolute Gasteiger partial charge is 0.274 e. The number of hydrogen-bond donors (Lipinski definition) is 2. The van der Waals surface area contributed by atoms with Crippen LogP contribution in [0.25, 0.3) is 0 Å². The highest BCUT2D eigenvalue weighted by atomic mass is 16.5. The molecule has 3 rings (SSSR count). The lowest BCUT2D eigenvalue weighted by molar-refractivity contribution is 0.0928. The van der Waals surface area contributed by atoms with E-state index >= 15 is 0 Å². The summed E-state index contributed by atoms with van der Waals surface area (Å²) in [5.41, 5.74) is 1.11. The summed E-state index contributed by atoms with van der Waals surface area (Å²) in [7, 11) is 1.59. The van der Waals surface area contributed by atoms with Gasteiger partial charge in [-0.15, -0.1) is 0 Å². The van der Waals surface area contributed by atoms with Crippen molar-refractivity contribution in [2.75, 3.05) is 12.4 Å². The van der Waals surface area contributed by atoms with Gasteiger partial charge in [-0.2, -0.15) is 0 Å². The first-order chi connectivity index (χ1) is 13.2. The summed E-state index contributed by atoms with van der Waals surface area (Å²) in [6.45, 7) is 0. The second-order valence-corrected chi connectivity index (χ2v) is 6.75. The van der Waals surface area contributed by atoms with Gasteiger partial charge in [-0.1, -0.05) is 31.7 Å². The molecule has 2 amide bonds. The van der Waals surface area contributed by atoms with Crippen LogP contribution < -0.4 is 15.4 Å². The zero-order valence-electron chi connectivity index (χ0n) is 15.5. The van der Waals surface area contributed by atoms with E-state index in [1.54, 1.807) is 49.6 Å². The second kappa shape index (κ2) is 9.16. The van der Waals surface area contributed by atoms with Gasteiger partial charge in [0.15, 0.2) is 0 Å². The van der Waals surface area contributed by atoms with Crippen molar-refractivity contribution < 1.29 is 14.3 Å². The molecule has 27 heavy (non-hydrogen) atoms. The SMILES string of the molecule is COc1ccc(NC(=O)c2cccc(C(=O)NC3CCCCCC3)n2)cc1. The highest BCUT2D eigenvalue weighted by Gasteiger charge is 2.18. The van der Waals surface area contributed by atoms with E-state index < -0.39 is 0 Å². The predicted molar refractivity (Wildman–Crippen MR) is 104 cm³/mol. The molecule has 6 heteroatoms. The summed E-state index contributed by atoms with van der Waals surface area (Å²) in [6, 6.07) is 12.1. The van der Waals surface area contributed by atoms with Gasteiger partial charge in [-0.05, 0) is 49.2 Å². The van der Waals surface area contributed by atoms with E-state index in [0.717, 1.165) is 25.7 Å². The van der Waals surface area contributed by atoms with E-state index in [0.29, 0.717) is 11.4 Å². The van der Waals surface area contributed by atoms with Crippen LogP contribution in [0.3, 0.4) is 0 Å². The first-order valence-corrected chi connectivity index (χ1v) is 9.39. The Labute approximate surface area is 159 Å². The van der Waals surface area contributed by atoms with E-state index in [1.165, 1.54) is 12.8 Å². The third kappa shape index (κ3) is 5.29. The zero-order valence-corrected chi connectivity index (χ0v) is 15.5. The van der Waals surface area contributed by atoms with Crippen LogP contribution in [-0.2, 0) is 0 Å².